The number of nitrogens with one attached hydrogen (secondary N) is 2. The van der Waals surface area contributed by atoms with Crippen LogP contribution in [0, 0.1) is 5.92 Å². The van der Waals surface area contributed by atoms with Crippen LogP contribution in [0.3, 0.4) is 0 Å². The second-order valence-electron chi connectivity index (χ2n) is 7.02. The average molecular weight is 336 g/mol. The zero-order chi connectivity index (χ0) is 17.2. The van der Waals surface area contributed by atoms with Gasteiger partial charge in [-0.3, -0.25) is 4.99 Å². The lowest BCUT2D eigenvalue weighted by Gasteiger charge is -2.34. The van der Waals surface area contributed by atoms with E-state index in [-0.39, 0.29) is 0 Å². The first-order valence-electron chi connectivity index (χ1n) is 9.19. The van der Waals surface area contributed by atoms with Crippen molar-refractivity contribution in [3.63, 3.8) is 0 Å². The molecule has 0 aliphatic carbocycles. The molecule has 2 rings (SSSR count). The second-order valence-corrected chi connectivity index (χ2v) is 7.02. The number of guanidine groups is 1. The summed E-state index contributed by atoms with van der Waals surface area (Å²) in [6.45, 7) is 10.1. The second kappa shape index (κ2) is 10.3. The molecular weight excluding hydrogens is 302 g/mol. The van der Waals surface area contributed by atoms with Gasteiger partial charge >= 0.3 is 0 Å². The van der Waals surface area contributed by atoms with Crippen molar-refractivity contribution in [3.8, 4) is 0 Å². The van der Waals surface area contributed by atoms with E-state index in [0.29, 0.717) is 6.04 Å². The smallest absolute Gasteiger partial charge is 0.191 e. The minimum Gasteiger partial charge on any atom is -0.356 e. The van der Waals surface area contributed by atoms with Crippen LogP contribution in [-0.4, -0.2) is 64.9 Å². The van der Waals surface area contributed by atoms with E-state index in [1.165, 1.54) is 32.5 Å². The summed E-state index contributed by atoms with van der Waals surface area (Å²) >= 11 is 0. The summed E-state index contributed by atoms with van der Waals surface area (Å²) in [7, 11) is 1.85. The van der Waals surface area contributed by atoms with Gasteiger partial charge in [0.2, 0.25) is 0 Å². The van der Waals surface area contributed by atoms with Gasteiger partial charge in [-0.2, -0.15) is 0 Å². The van der Waals surface area contributed by atoms with Crippen molar-refractivity contribution < 1.29 is 0 Å². The highest BCUT2D eigenvalue weighted by Crippen LogP contribution is 2.11. The predicted octanol–water partition coefficient (Wildman–Crippen LogP) is 1.34. The van der Waals surface area contributed by atoms with Crippen LogP contribution >= 0.6 is 0 Å². The van der Waals surface area contributed by atoms with Crippen LogP contribution in [0.25, 0.3) is 0 Å². The maximum absolute atomic E-state index is 4.35. The van der Waals surface area contributed by atoms with Gasteiger partial charge in [-0.05, 0) is 31.6 Å². The Morgan fingerprint density at radius 1 is 1.21 bits per heavy atom. The zero-order valence-electron chi connectivity index (χ0n) is 15.4. The highest BCUT2D eigenvalue weighted by molar-refractivity contribution is 5.79. The summed E-state index contributed by atoms with van der Waals surface area (Å²) in [5, 5.41) is 14.6. The van der Waals surface area contributed by atoms with Crippen LogP contribution in [0.15, 0.2) is 17.6 Å². The molecule has 2 heterocycles. The van der Waals surface area contributed by atoms with Gasteiger partial charge in [0.05, 0.1) is 0 Å². The third-order valence-corrected chi connectivity index (χ3v) is 4.38. The van der Waals surface area contributed by atoms with Crippen molar-refractivity contribution in [3.05, 3.63) is 12.7 Å². The molecule has 1 saturated heterocycles. The van der Waals surface area contributed by atoms with Gasteiger partial charge in [-0.25, -0.2) is 0 Å². The minimum atomic E-state index is 0.539. The molecular formula is C17H33N7. The van der Waals surface area contributed by atoms with E-state index < -0.39 is 0 Å². The van der Waals surface area contributed by atoms with Crippen LogP contribution in [0.1, 0.15) is 39.5 Å². The van der Waals surface area contributed by atoms with Crippen LogP contribution in [0.4, 0.5) is 0 Å². The molecule has 0 saturated carbocycles. The molecule has 2 N–H and O–H groups in total. The molecule has 136 valence electrons. The Kier molecular flexibility index (Phi) is 8.01. The molecule has 0 amide bonds. The molecule has 1 aromatic rings. The molecule has 1 aliphatic rings. The standard InChI is InChI=1S/C17H33N7/c1-15(2)12-23-10-6-16(7-11-23)22-17(18-3)19-8-4-5-9-24-13-20-21-14-24/h13-16H,4-12H2,1-3H3,(H2,18,19,22). The van der Waals surface area contributed by atoms with E-state index in [4.69, 9.17) is 0 Å². The van der Waals surface area contributed by atoms with Crippen molar-refractivity contribution in [1.29, 1.82) is 0 Å². The molecule has 0 aromatic carbocycles. The summed E-state index contributed by atoms with van der Waals surface area (Å²) in [5.74, 6) is 1.68. The Morgan fingerprint density at radius 2 is 1.92 bits per heavy atom. The molecule has 7 nitrogen and oxygen atoms in total. The maximum atomic E-state index is 4.35. The number of piperidine rings is 1. The third kappa shape index (κ3) is 6.86. The lowest BCUT2D eigenvalue weighted by molar-refractivity contribution is 0.187. The molecule has 0 bridgehead atoms. The lowest BCUT2D eigenvalue weighted by atomic mass is 10.0. The number of likely N-dealkylation sites (tertiary alicyclic amines) is 1. The molecule has 0 spiro atoms. The van der Waals surface area contributed by atoms with Crippen molar-refractivity contribution in [2.75, 3.05) is 33.2 Å². The van der Waals surface area contributed by atoms with Crippen molar-refractivity contribution in [2.24, 2.45) is 10.9 Å². The first-order valence-corrected chi connectivity index (χ1v) is 9.19. The molecule has 24 heavy (non-hydrogen) atoms. The van der Waals surface area contributed by atoms with Crippen molar-refractivity contribution in [2.45, 2.75) is 52.1 Å². The Morgan fingerprint density at radius 3 is 2.54 bits per heavy atom. The number of aromatic nitrogens is 3. The zero-order valence-corrected chi connectivity index (χ0v) is 15.4. The van der Waals surface area contributed by atoms with Gasteiger partial charge < -0.3 is 20.1 Å². The molecule has 1 aliphatic heterocycles. The molecule has 0 unspecified atom stereocenters. The number of hydrogen-bond donors (Lipinski definition) is 2. The number of hydrogen-bond acceptors (Lipinski definition) is 4. The largest absolute Gasteiger partial charge is 0.356 e. The normalized spacial score (nSPS) is 17.4. The minimum absolute atomic E-state index is 0.539. The van der Waals surface area contributed by atoms with Crippen LogP contribution in [0.2, 0.25) is 0 Å². The fraction of sp³-hybridized carbons (Fsp3) is 0.824. The van der Waals surface area contributed by atoms with Gasteiger partial charge in [0.25, 0.3) is 0 Å². The van der Waals surface area contributed by atoms with E-state index in [0.717, 1.165) is 37.8 Å². The van der Waals surface area contributed by atoms with E-state index in [9.17, 15) is 0 Å². The van der Waals surface area contributed by atoms with E-state index in [2.05, 4.69) is 44.6 Å². The van der Waals surface area contributed by atoms with Crippen molar-refractivity contribution in [1.82, 2.24) is 30.3 Å². The number of aryl methyl sites for hydroxylation is 1. The summed E-state index contributed by atoms with van der Waals surface area (Å²) in [6.07, 6.45) is 8.13. The maximum Gasteiger partial charge on any atom is 0.191 e. The van der Waals surface area contributed by atoms with Gasteiger partial charge in [-0.15, -0.1) is 10.2 Å². The summed E-state index contributed by atoms with van der Waals surface area (Å²) < 4.78 is 2.01. The quantitative estimate of drug-likeness (QED) is 0.426. The van der Waals surface area contributed by atoms with Gasteiger partial charge in [-0.1, -0.05) is 13.8 Å². The van der Waals surface area contributed by atoms with Crippen LogP contribution < -0.4 is 10.6 Å². The van der Waals surface area contributed by atoms with Crippen molar-refractivity contribution >= 4 is 5.96 Å². The number of rotatable bonds is 8. The number of aliphatic imine (C=N–C) groups is 1. The first kappa shape index (κ1) is 18.7. The Hall–Kier alpha value is -1.63. The van der Waals surface area contributed by atoms with E-state index >= 15 is 0 Å². The fourth-order valence-corrected chi connectivity index (χ4v) is 3.13. The molecule has 0 radical (unpaired) electrons. The SMILES string of the molecule is CN=C(NCCCCn1cnnc1)NC1CCN(CC(C)C)CC1. The third-order valence-electron chi connectivity index (χ3n) is 4.38. The molecule has 1 aromatic heterocycles. The molecule has 7 heteroatoms. The summed E-state index contributed by atoms with van der Waals surface area (Å²) in [6, 6.07) is 0.539. The first-order chi connectivity index (χ1) is 11.7. The van der Waals surface area contributed by atoms with E-state index in [1.54, 1.807) is 12.7 Å². The fourth-order valence-electron chi connectivity index (χ4n) is 3.13. The van der Waals surface area contributed by atoms with Gasteiger partial charge in [0, 0.05) is 45.8 Å². The lowest BCUT2D eigenvalue weighted by Crippen LogP contribution is -2.49. The Labute approximate surface area is 145 Å². The highest BCUT2D eigenvalue weighted by Gasteiger charge is 2.20. The monoisotopic (exact) mass is 335 g/mol. The summed E-state index contributed by atoms with van der Waals surface area (Å²) in [5.41, 5.74) is 0. The number of unbranched alkanes of at least 4 members (excludes halogenated alkanes) is 1. The van der Waals surface area contributed by atoms with E-state index in [1.807, 2.05) is 11.6 Å². The molecule has 1 fully saturated rings. The predicted molar refractivity (Wildman–Crippen MR) is 98.1 cm³/mol. The van der Waals surface area contributed by atoms with Crippen LogP contribution in [0.5, 0.6) is 0 Å². The van der Waals surface area contributed by atoms with Gasteiger partial charge in [0.15, 0.2) is 5.96 Å². The number of nitrogens with zero attached hydrogens (tertiary/aromatic N) is 5. The Bertz CT molecular complexity index is 461. The topological polar surface area (TPSA) is 70.4 Å². The molecule has 0 atom stereocenters. The van der Waals surface area contributed by atoms with Crippen LogP contribution in [-0.2, 0) is 6.54 Å². The highest BCUT2D eigenvalue weighted by atomic mass is 15.2. The van der Waals surface area contributed by atoms with Gasteiger partial charge in [0.1, 0.15) is 12.7 Å². The summed E-state index contributed by atoms with van der Waals surface area (Å²) in [4.78, 5) is 6.93. The average Bonchev–Trinajstić information content (AvgIpc) is 3.08. The Balaban J connectivity index is 1.57.